The lowest BCUT2D eigenvalue weighted by molar-refractivity contribution is -0.138. The molecule has 6 nitrogen and oxygen atoms in total. The van der Waals surface area contributed by atoms with Crippen molar-refractivity contribution in [3.05, 3.63) is 17.6 Å². The van der Waals surface area contributed by atoms with E-state index in [0.717, 1.165) is 50.3 Å². The maximum absolute atomic E-state index is 12.8. The first kappa shape index (κ1) is 15.8. The highest BCUT2D eigenvalue weighted by atomic mass is 16.5. The van der Waals surface area contributed by atoms with Gasteiger partial charge in [0.05, 0.1) is 5.69 Å². The SMILES string of the molecule is O=C(C1CCOCC1)N1CCc2ncnc(NC3CCC3)c2CC1. The van der Waals surface area contributed by atoms with Crippen LogP contribution in [0.3, 0.4) is 0 Å². The molecule has 1 saturated heterocycles. The fourth-order valence-electron chi connectivity index (χ4n) is 3.82. The second kappa shape index (κ2) is 7.05. The first-order chi connectivity index (χ1) is 11.8. The summed E-state index contributed by atoms with van der Waals surface area (Å²) in [6, 6.07) is 0.562. The van der Waals surface area contributed by atoms with Crippen molar-refractivity contribution >= 4 is 11.7 Å². The van der Waals surface area contributed by atoms with Crippen LogP contribution in [-0.2, 0) is 22.4 Å². The van der Waals surface area contributed by atoms with Crippen LogP contribution in [-0.4, -0.2) is 53.1 Å². The molecule has 1 N–H and O–H groups in total. The molecule has 1 aliphatic carbocycles. The summed E-state index contributed by atoms with van der Waals surface area (Å²) in [5, 5.41) is 3.57. The Labute approximate surface area is 143 Å². The zero-order valence-corrected chi connectivity index (χ0v) is 14.2. The van der Waals surface area contributed by atoms with Crippen LogP contribution in [0.25, 0.3) is 0 Å². The molecule has 0 spiro atoms. The number of anilines is 1. The molecule has 0 atom stereocenters. The van der Waals surface area contributed by atoms with Crippen LogP contribution < -0.4 is 5.32 Å². The van der Waals surface area contributed by atoms with E-state index in [1.807, 2.05) is 4.90 Å². The Bertz CT molecular complexity index is 597. The summed E-state index contributed by atoms with van der Waals surface area (Å²) in [6.07, 6.45) is 8.81. The first-order valence-corrected chi connectivity index (χ1v) is 9.27. The number of carbonyl (C=O) groups excluding carboxylic acids is 1. The predicted octanol–water partition coefficient (Wildman–Crippen LogP) is 1.79. The molecule has 2 aliphatic heterocycles. The Kier molecular flexibility index (Phi) is 4.65. The molecule has 6 heteroatoms. The number of ether oxygens (including phenoxy) is 1. The van der Waals surface area contributed by atoms with Gasteiger partial charge in [0.1, 0.15) is 12.1 Å². The normalized spacial score (nSPS) is 22.4. The van der Waals surface area contributed by atoms with E-state index in [1.165, 1.54) is 24.8 Å². The minimum absolute atomic E-state index is 0.138. The molecular weight excluding hydrogens is 304 g/mol. The summed E-state index contributed by atoms with van der Waals surface area (Å²) in [5.41, 5.74) is 2.32. The zero-order chi connectivity index (χ0) is 16.4. The van der Waals surface area contributed by atoms with E-state index in [-0.39, 0.29) is 5.92 Å². The van der Waals surface area contributed by atoms with Crippen LogP contribution in [0.2, 0.25) is 0 Å². The number of carbonyl (C=O) groups is 1. The summed E-state index contributed by atoms with van der Waals surface area (Å²) < 4.78 is 5.38. The van der Waals surface area contributed by atoms with E-state index in [0.29, 0.717) is 25.2 Å². The molecule has 3 heterocycles. The van der Waals surface area contributed by atoms with E-state index in [4.69, 9.17) is 4.74 Å². The average Bonchev–Trinajstić information content (AvgIpc) is 2.81. The highest BCUT2D eigenvalue weighted by Crippen LogP contribution is 2.27. The monoisotopic (exact) mass is 330 g/mol. The van der Waals surface area contributed by atoms with Crippen LogP contribution in [0.15, 0.2) is 6.33 Å². The Morgan fingerprint density at radius 1 is 1.12 bits per heavy atom. The minimum Gasteiger partial charge on any atom is -0.381 e. The fourth-order valence-corrected chi connectivity index (χ4v) is 3.82. The summed E-state index contributed by atoms with van der Waals surface area (Å²) in [5.74, 6) is 1.43. The molecule has 0 unspecified atom stereocenters. The van der Waals surface area contributed by atoms with Gasteiger partial charge in [0.25, 0.3) is 0 Å². The molecular formula is C18H26N4O2. The average molecular weight is 330 g/mol. The van der Waals surface area contributed by atoms with Gasteiger partial charge in [0.2, 0.25) is 5.91 Å². The van der Waals surface area contributed by atoms with Gasteiger partial charge in [-0.05, 0) is 38.5 Å². The molecule has 130 valence electrons. The van der Waals surface area contributed by atoms with E-state index in [2.05, 4.69) is 15.3 Å². The van der Waals surface area contributed by atoms with Crippen molar-refractivity contribution in [2.75, 3.05) is 31.6 Å². The van der Waals surface area contributed by atoms with Crippen molar-refractivity contribution in [2.45, 2.75) is 51.0 Å². The lowest BCUT2D eigenvalue weighted by Crippen LogP contribution is -2.40. The lowest BCUT2D eigenvalue weighted by atomic mass is 9.93. The molecule has 0 bridgehead atoms. The third-order valence-electron chi connectivity index (χ3n) is 5.61. The molecule has 0 radical (unpaired) electrons. The van der Waals surface area contributed by atoms with Gasteiger partial charge in [-0.2, -0.15) is 0 Å². The maximum atomic E-state index is 12.8. The smallest absolute Gasteiger partial charge is 0.225 e. The van der Waals surface area contributed by atoms with Crippen molar-refractivity contribution in [2.24, 2.45) is 5.92 Å². The van der Waals surface area contributed by atoms with E-state index in [1.54, 1.807) is 6.33 Å². The zero-order valence-electron chi connectivity index (χ0n) is 14.2. The topological polar surface area (TPSA) is 67.3 Å². The molecule has 1 saturated carbocycles. The summed E-state index contributed by atoms with van der Waals surface area (Å²) in [7, 11) is 0. The number of aromatic nitrogens is 2. The van der Waals surface area contributed by atoms with Gasteiger partial charge in [0, 0.05) is 50.2 Å². The number of nitrogens with zero attached hydrogens (tertiary/aromatic N) is 3. The summed E-state index contributed by atoms with van der Waals surface area (Å²) in [4.78, 5) is 23.8. The lowest BCUT2D eigenvalue weighted by Gasteiger charge is -2.28. The minimum atomic E-state index is 0.138. The van der Waals surface area contributed by atoms with Crippen molar-refractivity contribution in [1.29, 1.82) is 0 Å². The Morgan fingerprint density at radius 3 is 2.67 bits per heavy atom. The van der Waals surface area contributed by atoms with Crippen LogP contribution in [0.5, 0.6) is 0 Å². The molecule has 1 amide bonds. The molecule has 4 rings (SSSR count). The van der Waals surface area contributed by atoms with Gasteiger partial charge in [-0.15, -0.1) is 0 Å². The molecule has 0 aromatic carbocycles. The second-order valence-electron chi connectivity index (χ2n) is 7.13. The number of rotatable bonds is 3. The molecule has 1 aromatic heterocycles. The van der Waals surface area contributed by atoms with E-state index in [9.17, 15) is 4.79 Å². The van der Waals surface area contributed by atoms with Crippen LogP contribution in [0, 0.1) is 5.92 Å². The standard InChI is InChI=1S/C18H26N4O2/c23-18(13-6-10-24-11-7-13)22-8-4-15-16(5-9-22)19-12-20-17(15)21-14-2-1-3-14/h12-14H,1-11H2,(H,19,20,21). The van der Waals surface area contributed by atoms with Crippen molar-refractivity contribution in [3.63, 3.8) is 0 Å². The van der Waals surface area contributed by atoms with Crippen LogP contribution in [0.4, 0.5) is 5.82 Å². The van der Waals surface area contributed by atoms with E-state index < -0.39 is 0 Å². The highest BCUT2D eigenvalue weighted by Gasteiger charge is 2.29. The van der Waals surface area contributed by atoms with Crippen molar-refractivity contribution < 1.29 is 9.53 Å². The quantitative estimate of drug-likeness (QED) is 0.915. The Morgan fingerprint density at radius 2 is 1.92 bits per heavy atom. The maximum Gasteiger partial charge on any atom is 0.225 e. The van der Waals surface area contributed by atoms with Gasteiger partial charge >= 0.3 is 0 Å². The Hall–Kier alpha value is -1.69. The van der Waals surface area contributed by atoms with E-state index >= 15 is 0 Å². The molecule has 2 fully saturated rings. The van der Waals surface area contributed by atoms with Crippen molar-refractivity contribution in [3.8, 4) is 0 Å². The predicted molar refractivity (Wildman–Crippen MR) is 90.8 cm³/mol. The largest absolute Gasteiger partial charge is 0.381 e. The highest BCUT2D eigenvalue weighted by molar-refractivity contribution is 5.79. The first-order valence-electron chi connectivity index (χ1n) is 9.27. The number of nitrogens with one attached hydrogen (secondary N) is 1. The third kappa shape index (κ3) is 3.24. The third-order valence-corrected chi connectivity index (χ3v) is 5.61. The second-order valence-corrected chi connectivity index (χ2v) is 7.13. The summed E-state index contributed by atoms with van der Waals surface area (Å²) in [6.45, 7) is 2.97. The van der Waals surface area contributed by atoms with Crippen molar-refractivity contribution in [1.82, 2.24) is 14.9 Å². The van der Waals surface area contributed by atoms with Gasteiger partial charge in [-0.3, -0.25) is 4.79 Å². The number of hydrogen-bond acceptors (Lipinski definition) is 5. The summed E-state index contributed by atoms with van der Waals surface area (Å²) >= 11 is 0. The van der Waals surface area contributed by atoms with Gasteiger partial charge in [-0.1, -0.05) is 0 Å². The number of hydrogen-bond donors (Lipinski definition) is 1. The van der Waals surface area contributed by atoms with Crippen LogP contribution in [0.1, 0.15) is 43.4 Å². The fraction of sp³-hybridized carbons (Fsp3) is 0.722. The molecule has 3 aliphatic rings. The van der Waals surface area contributed by atoms with Gasteiger partial charge in [0.15, 0.2) is 0 Å². The molecule has 24 heavy (non-hydrogen) atoms. The number of amides is 1. The Balaban J connectivity index is 1.45. The van der Waals surface area contributed by atoms with Gasteiger partial charge < -0.3 is 15.0 Å². The molecule has 1 aromatic rings. The van der Waals surface area contributed by atoms with Gasteiger partial charge in [-0.25, -0.2) is 9.97 Å². The number of fused-ring (bicyclic) bond motifs is 1. The van der Waals surface area contributed by atoms with Crippen LogP contribution >= 0.6 is 0 Å².